The highest BCUT2D eigenvalue weighted by atomic mass is 16.3. The third kappa shape index (κ3) is 4.31. The third-order valence-corrected chi connectivity index (χ3v) is 5.15. The average Bonchev–Trinajstić information content (AvgIpc) is 3.18. The number of benzene rings is 1. The van der Waals surface area contributed by atoms with Crippen LogP contribution in [0.15, 0.2) is 35.1 Å². The summed E-state index contributed by atoms with van der Waals surface area (Å²) in [4.78, 5) is 16.9. The highest BCUT2D eigenvalue weighted by Gasteiger charge is 2.27. The van der Waals surface area contributed by atoms with E-state index in [0.29, 0.717) is 0 Å². The molecule has 1 aliphatic rings. The summed E-state index contributed by atoms with van der Waals surface area (Å²) in [7, 11) is 2.16. The van der Waals surface area contributed by atoms with Gasteiger partial charge in [0.2, 0.25) is 0 Å². The molecule has 1 aromatic carbocycles. The first-order valence-corrected chi connectivity index (χ1v) is 9.13. The molecule has 0 N–H and O–H groups in total. The highest BCUT2D eigenvalue weighted by Crippen LogP contribution is 2.25. The summed E-state index contributed by atoms with van der Waals surface area (Å²) >= 11 is 0. The van der Waals surface area contributed by atoms with E-state index < -0.39 is 0 Å². The minimum Gasteiger partial charge on any atom is -0.472 e. The second-order valence-corrected chi connectivity index (χ2v) is 7.21. The van der Waals surface area contributed by atoms with Crippen LogP contribution in [0.2, 0.25) is 0 Å². The Labute approximate surface area is 150 Å². The highest BCUT2D eigenvalue weighted by molar-refractivity contribution is 5.98. The van der Waals surface area contributed by atoms with Crippen molar-refractivity contribution < 1.29 is 9.21 Å². The zero-order chi connectivity index (χ0) is 17.8. The van der Waals surface area contributed by atoms with Gasteiger partial charge in [-0.3, -0.25) is 4.79 Å². The van der Waals surface area contributed by atoms with Crippen molar-refractivity contribution in [3.63, 3.8) is 0 Å². The van der Waals surface area contributed by atoms with Gasteiger partial charge in [-0.15, -0.1) is 0 Å². The fourth-order valence-corrected chi connectivity index (χ4v) is 3.47. The van der Waals surface area contributed by atoms with Crippen LogP contribution in [0.25, 0.3) is 0 Å². The predicted molar refractivity (Wildman–Crippen MR) is 99.8 cm³/mol. The average molecular weight is 340 g/mol. The molecule has 0 atom stereocenters. The molecule has 0 saturated heterocycles. The van der Waals surface area contributed by atoms with Crippen molar-refractivity contribution in [2.45, 2.75) is 39.7 Å². The Kier molecular flexibility index (Phi) is 5.59. The summed E-state index contributed by atoms with van der Waals surface area (Å²) in [6, 6.07) is 6.25. The number of amides is 1. The van der Waals surface area contributed by atoms with Gasteiger partial charge < -0.3 is 14.2 Å². The van der Waals surface area contributed by atoms with Crippen LogP contribution in [0.4, 0.5) is 0 Å². The van der Waals surface area contributed by atoms with Gasteiger partial charge in [-0.2, -0.15) is 0 Å². The van der Waals surface area contributed by atoms with Crippen LogP contribution in [0.1, 0.15) is 45.5 Å². The Morgan fingerprint density at radius 1 is 1.16 bits per heavy atom. The van der Waals surface area contributed by atoms with Gasteiger partial charge in [0.1, 0.15) is 0 Å². The summed E-state index contributed by atoms with van der Waals surface area (Å²) in [5.74, 6) is 0.195. The Morgan fingerprint density at radius 2 is 1.92 bits per heavy atom. The van der Waals surface area contributed by atoms with Gasteiger partial charge in [-0.05, 0) is 87.6 Å². The molecule has 4 nitrogen and oxygen atoms in total. The molecule has 4 heteroatoms. The van der Waals surface area contributed by atoms with Gasteiger partial charge >= 0.3 is 0 Å². The summed E-state index contributed by atoms with van der Waals surface area (Å²) in [6.45, 7) is 7.86. The largest absolute Gasteiger partial charge is 0.472 e. The number of furan rings is 1. The van der Waals surface area contributed by atoms with Crippen LogP contribution in [-0.2, 0) is 13.0 Å². The molecule has 0 spiro atoms. The zero-order valence-electron chi connectivity index (χ0n) is 15.5. The Bertz CT molecular complexity index is 722. The molecular formula is C21H28N2O2. The molecule has 0 bridgehead atoms. The van der Waals surface area contributed by atoms with Crippen molar-refractivity contribution in [1.82, 2.24) is 9.80 Å². The van der Waals surface area contributed by atoms with E-state index in [1.165, 1.54) is 22.3 Å². The lowest BCUT2D eigenvalue weighted by atomic mass is 10.0. The maximum Gasteiger partial charge on any atom is 0.254 e. The number of carbonyl (C=O) groups excluding carboxylic acids is 1. The molecule has 0 fully saturated rings. The van der Waals surface area contributed by atoms with Gasteiger partial charge in [0.15, 0.2) is 0 Å². The lowest BCUT2D eigenvalue weighted by Gasteiger charge is -2.20. The van der Waals surface area contributed by atoms with Crippen molar-refractivity contribution >= 4 is 5.91 Å². The lowest BCUT2D eigenvalue weighted by Crippen LogP contribution is -2.29. The molecule has 0 radical (unpaired) electrons. The van der Waals surface area contributed by atoms with E-state index in [1.54, 1.807) is 6.26 Å². The normalized spacial score (nSPS) is 13.8. The van der Waals surface area contributed by atoms with Crippen LogP contribution in [0, 0.1) is 13.8 Å². The van der Waals surface area contributed by atoms with E-state index in [2.05, 4.69) is 37.9 Å². The predicted octanol–water partition coefficient (Wildman–Crippen LogP) is 3.81. The van der Waals surface area contributed by atoms with Crippen LogP contribution in [0.3, 0.4) is 0 Å². The van der Waals surface area contributed by atoms with Crippen LogP contribution in [-0.4, -0.2) is 42.4 Å². The van der Waals surface area contributed by atoms with E-state index in [-0.39, 0.29) is 5.91 Å². The molecule has 25 heavy (non-hydrogen) atoms. The number of carbonyl (C=O) groups is 1. The molecule has 0 unspecified atom stereocenters. The topological polar surface area (TPSA) is 36.7 Å². The number of rotatable bonds is 8. The van der Waals surface area contributed by atoms with Crippen molar-refractivity contribution in [1.29, 1.82) is 0 Å². The monoisotopic (exact) mass is 340 g/mol. The van der Waals surface area contributed by atoms with Crippen LogP contribution < -0.4 is 0 Å². The van der Waals surface area contributed by atoms with E-state index in [1.807, 2.05) is 17.2 Å². The lowest BCUT2D eigenvalue weighted by molar-refractivity contribution is 0.0772. The summed E-state index contributed by atoms with van der Waals surface area (Å²) < 4.78 is 5.09. The van der Waals surface area contributed by atoms with Crippen LogP contribution >= 0.6 is 0 Å². The smallest absolute Gasteiger partial charge is 0.254 e. The molecule has 0 saturated carbocycles. The summed E-state index contributed by atoms with van der Waals surface area (Å²) in [6.07, 6.45) is 6.75. The SMILES string of the molecule is Cc1cc2c(cc1C)C(=O)N(CCCN(C)CCCc1ccoc1)C2. The fourth-order valence-electron chi connectivity index (χ4n) is 3.47. The first kappa shape index (κ1) is 17.7. The quantitative estimate of drug-likeness (QED) is 0.733. The zero-order valence-corrected chi connectivity index (χ0v) is 15.5. The first-order valence-electron chi connectivity index (χ1n) is 9.13. The second-order valence-electron chi connectivity index (χ2n) is 7.21. The molecule has 3 rings (SSSR count). The molecule has 1 aromatic heterocycles. The second kappa shape index (κ2) is 7.87. The van der Waals surface area contributed by atoms with E-state index in [9.17, 15) is 4.79 Å². The van der Waals surface area contributed by atoms with Crippen molar-refractivity contribution in [3.8, 4) is 0 Å². The fraction of sp³-hybridized carbons (Fsp3) is 0.476. The van der Waals surface area contributed by atoms with Crippen molar-refractivity contribution in [2.75, 3.05) is 26.7 Å². The maximum atomic E-state index is 12.5. The van der Waals surface area contributed by atoms with Crippen molar-refractivity contribution in [3.05, 3.63) is 58.5 Å². The van der Waals surface area contributed by atoms with Gasteiger partial charge in [-0.1, -0.05) is 6.07 Å². The van der Waals surface area contributed by atoms with E-state index in [4.69, 9.17) is 4.42 Å². The number of aryl methyl sites for hydroxylation is 3. The molecule has 1 aliphatic heterocycles. The molecule has 1 amide bonds. The number of hydrogen-bond acceptors (Lipinski definition) is 3. The molecule has 134 valence electrons. The molecule has 2 heterocycles. The standard InChI is InChI=1S/C21H28N2O2/c1-16-12-19-14-23(21(24)20(19)13-17(16)2)10-5-9-22(3)8-4-6-18-7-11-25-15-18/h7,11-13,15H,4-6,8-10,14H2,1-3H3. The van der Waals surface area contributed by atoms with E-state index in [0.717, 1.165) is 51.0 Å². The number of nitrogens with zero attached hydrogens (tertiary/aromatic N) is 2. The van der Waals surface area contributed by atoms with Gasteiger partial charge in [0.25, 0.3) is 5.91 Å². The third-order valence-electron chi connectivity index (χ3n) is 5.15. The molecule has 2 aromatic rings. The number of fused-ring (bicyclic) bond motifs is 1. The molecular weight excluding hydrogens is 312 g/mol. The summed E-state index contributed by atoms with van der Waals surface area (Å²) in [5, 5.41) is 0. The Morgan fingerprint density at radius 3 is 2.68 bits per heavy atom. The maximum absolute atomic E-state index is 12.5. The van der Waals surface area contributed by atoms with Crippen LogP contribution in [0.5, 0.6) is 0 Å². The summed E-state index contributed by atoms with van der Waals surface area (Å²) in [5.41, 5.74) is 5.81. The number of hydrogen-bond donors (Lipinski definition) is 0. The Hall–Kier alpha value is -2.07. The van der Waals surface area contributed by atoms with Gasteiger partial charge in [0, 0.05) is 18.7 Å². The molecule has 0 aliphatic carbocycles. The van der Waals surface area contributed by atoms with Crippen molar-refractivity contribution in [2.24, 2.45) is 0 Å². The minimum absolute atomic E-state index is 0.195. The Balaban J connectivity index is 1.40. The van der Waals surface area contributed by atoms with Gasteiger partial charge in [0.05, 0.1) is 12.5 Å². The van der Waals surface area contributed by atoms with E-state index >= 15 is 0 Å². The first-order chi connectivity index (χ1) is 12.0. The minimum atomic E-state index is 0.195. The van der Waals surface area contributed by atoms with Gasteiger partial charge in [-0.25, -0.2) is 0 Å².